The van der Waals surface area contributed by atoms with Crippen LogP contribution in [-0.4, -0.2) is 12.2 Å². The maximum absolute atomic E-state index is 13.0. The van der Waals surface area contributed by atoms with Crippen LogP contribution in [0, 0.1) is 12.8 Å². The molecule has 1 saturated carbocycles. The van der Waals surface area contributed by atoms with E-state index in [0.29, 0.717) is 23.6 Å². The van der Waals surface area contributed by atoms with E-state index in [1.165, 1.54) is 0 Å². The lowest BCUT2D eigenvalue weighted by molar-refractivity contribution is -0.184. The molecule has 1 N–H and O–H groups in total. The van der Waals surface area contributed by atoms with Crippen molar-refractivity contribution in [3.8, 4) is 0 Å². The van der Waals surface area contributed by atoms with Crippen LogP contribution in [0.1, 0.15) is 31.2 Å². The van der Waals surface area contributed by atoms with Gasteiger partial charge in [0, 0.05) is 6.04 Å². The fourth-order valence-corrected chi connectivity index (χ4v) is 2.82. The zero-order valence-corrected chi connectivity index (χ0v) is 11.5. The third-order valence-corrected chi connectivity index (χ3v) is 3.98. The van der Waals surface area contributed by atoms with E-state index in [1.807, 2.05) is 13.0 Å². The minimum absolute atomic E-state index is 0.199. The molecule has 2 rings (SSSR count). The van der Waals surface area contributed by atoms with E-state index in [0.717, 1.165) is 12.0 Å². The predicted octanol–water partition coefficient (Wildman–Crippen LogP) is 5.18. The molecule has 0 aromatic heterocycles. The Kier molecular flexibility index (Phi) is 4.29. The third-order valence-electron chi connectivity index (χ3n) is 3.65. The molecule has 0 aliphatic heterocycles. The standard InChI is InChI=1S/C14H17ClF3N/c1-9-6-7-11(15)13(8-9)19-12-5-3-2-4-10(12)14(16,17)18/h6-8,10,12,19H,2-5H2,1H3. The van der Waals surface area contributed by atoms with Crippen molar-refractivity contribution < 1.29 is 13.2 Å². The molecule has 5 heteroatoms. The SMILES string of the molecule is Cc1ccc(Cl)c(NC2CCCCC2C(F)(F)F)c1. The van der Waals surface area contributed by atoms with Gasteiger partial charge in [0.15, 0.2) is 0 Å². The van der Waals surface area contributed by atoms with Crippen molar-refractivity contribution in [3.63, 3.8) is 0 Å². The Morgan fingerprint density at radius 3 is 2.58 bits per heavy atom. The Morgan fingerprint density at radius 2 is 1.89 bits per heavy atom. The Bertz CT molecular complexity index is 445. The Hall–Kier alpha value is -0.900. The van der Waals surface area contributed by atoms with Crippen LogP contribution in [-0.2, 0) is 0 Å². The van der Waals surface area contributed by atoms with E-state index >= 15 is 0 Å². The molecule has 1 aromatic rings. The van der Waals surface area contributed by atoms with E-state index in [9.17, 15) is 13.2 Å². The van der Waals surface area contributed by atoms with Gasteiger partial charge in [-0.15, -0.1) is 0 Å². The highest BCUT2D eigenvalue weighted by Crippen LogP contribution is 2.39. The molecule has 19 heavy (non-hydrogen) atoms. The van der Waals surface area contributed by atoms with Gasteiger partial charge in [-0.2, -0.15) is 13.2 Å². The molecular weight excluding hydrogens is 275 g/mol. The van der Waals surface area contributed by atoms with Gasteiger partial charge in [0.05, 0.1) is 16.6 Å². The number of hydrogen-bond acceptors (Lipinski definition) is 1. The minimum Gasteiger partial charge on any atom is -0.380 e. The summed E-state index contributed by atoms with van der Waals surface area (Å²) in [6, 6.07) is 4.78. The highest BCUT2D eigenvalue weighted by atomic mass is 35.5. The lowest BCUT2D eigenvalue weighted by Crippen LogP contribution is -2.41. The van der Waals surface area contributed by atoms with E-state index in [-0.39, 0.29) is 6.42 Å². The van der Waals surface area contributed by atoms with E-state index in [4.69, 9.17) is 11.6 Å². The molecule has 106 valence electrons. The number of alkyl halides is 3. The molecule has 1 nitrogen and oxygen atoms in total. The predicted molar refractivity (Wildman–Crippen MR) is 71.6 cm³/mol. The number of nitrogens with one attached hydrogen (secondary N) is 1. The highest BCUT2D eigenvalue weighted by molar-refractivity contribution is 6.33. The molecule has 2 unspecified atom stereocenters. The molecule has 0 amide bonds. The first-order chi connectivity index (χ1) is 8.88. The monoisotopic (exact) mass is 291 g/mol. The quantitative estimate of drug-likeness (QED) is 0.791. The van der Waals surface area contributed by atoms with Crippen molar-refractivity contribution in [2.24, 2.45) is 5.92 Å². The van der Waals surface area contributed by atoms with Crippen LogP contribution in [0.2, 0.25) is 5.02 Å². The maximum Gasteiger partial charge on any atom is 0.393 e. The van der Waals surface area contributed by atoms with Gasteiger partial charge >= 0.3 is 6.18 Å². The molecule has 1 fully saturated rings. The Balaban J connectivity index is 2.17. The summed E-state index contributed by atoms with van der Waals surface area (Å²) in [6.45, 7) is 1.89. The number of aryl methyl sites for hydroxylation is 1. The summed E-state index contributed by atoms with van der Waals surface area (Å²) in [6.07, 6.45) is -1.94. The van der Waals surface area contributed by atoms with E-state index < -0.39 is 18.1 Å². The van der Waals surface area contributed by atoms with Gasteiger partial charge in [-0.05, 0) is 37.5 Å². The normalized spacial score (nSPS) is 24.3. The van der Waals surface area contributed by atoms with Crippen LogP contribution in [0.25, 0.3) is 0 Å². The average molecular weight is 292 g/mol. The summed E-state index contributed by atoms with van der Waals surface area (Å²) in [5.41, 5.74) is 1.58. The molecule has 0 saturated heterocycles. The van der Waals surface area contributed by atoms with Crippen LogP contribution >= 0.6 is 11.6 Å². The van der Waals surface area contributed by atoms with Crippen LogP contribution in [0.4, 0.5) is 18.9 Å². The fraction of sp³-hybridized carbons (Fsp3) is 0.571. The maximum atomic E-state index is 13.0. The largest absolute Gasteiger partial charge is 0.393 e. The van der Waals surface area contributed by atoms with Crippen molar-refractivity contribution in [2.45, 2.75) is 44.8 Å². The number of halogens is 4. The van der Waals surface area contributed by atoms with Crippen LogP contribution in [0.5, 0.6) is 0 Å². The molecular formula is C14H17ClF3N. The third kappa shape index (κ3) is 3.56. The highest BCUT2D eigenvalue weighted by Gasteiger charge is 2.45. The molecule has 0 heterocycles. The first kappa shape index (κ1) is 14.5. The van der Waals surface area contributed by atoms with Crippen molar-refractivity contribution in [2.75, 3.05) is 5.32 Å². The molecule has 0 spiro atoms. The molecule has 1 aliphatic rings. The Labute approximate surface area is 116 Å². The molecule has 0 bridgehead atoms. The summed E-state index contributed by atoms with van der Waals surface area (Å²) in [5.74, 6) is -1.28. The van der Waals surface area contributed by atoms with E-state index in [2.05, 4.69) is 5.32 Å². The number of benzene rings is 1. The fourth-order valence-electron chi connectivity index (χ4n) is 2.64. The smallest absolute Gasteiger partial charge is 0.380 e. The Morgan fingerprint density at radius 1 is 1.21 bits per heavy atom. The summed E-state index contributed by atoms with van der Waals surface area (Å²) in [7, 11) is 0. The molecule has 1 aromatic carbocycles. The number of anilines is 1. The minimum atomic E-state index is -4.14. The van der Waals surface area contributed by atoms with Gasteiger partial charge in [-0.25, -0.2) is 0 Å². The number of hydrogen-bond donors (Lipinski definition) is 1. The van der Waals surface area contributed by atoms with Crippen LogP contribution in [0.3, 0.4) is 0 Å². The second kappa shape index (κ2) is 5.61. The molecule has 0 radical (unpaired) electrons. The summed E-state index contributed by atoms with van der Waals surface area (Å²) >= 11 is 6.03. The van der Waals surface area contributed by atoms with Crippen molar-refractivity contribution in [1.82, 2.24) is 0 Å². The average Bonchev–Trinajstić information content (AvgIpc) is 2.33. The van der Waals surface area contributed by atoms with Gasteiger partial charge in [-0.3, -0.25) is 0 Å². The van der Waals surface area contributed by atoms with Gasteiger partial charge in [0.2, 0.25) is 0 Å². The summed E-state index contributed by atoms with van der Waals surface area (Å²) in [4.78, 5) is 0. The summed E-state index contributed by atoms with van der Waals surface area (Å²) in [5, 5.41) is 3.46. The lowest BCUT2D eigenvalue weighted by atomic mass is 9.84. The second-order valence-corrected chi connectivity index (χ2v) is 5.57. The zero-order chi connectivity index (χ0) is 14.0. The van der Waals surface area contributed by atoms with Gasteiger partial charge in [-0.1, -0.05) is 30.5 Å². The van der Waals surface area contributed by atoms with Crippen LogP contribution < -0.4 is 5.32 Å². The topological polar surface area (TPSA) is 12.0 Å². The van der Waals surface area contributed by atoms with E-state index in [1.54, 1.807) is 12.1 Å². The van der Waals surface area contributed by atoms with Crippen LogP contribution in [0.15, 0.2) is 18.2 Å². The van der Waals surface area contributed by atoms with Crippen molar-refractivity contribution >= 4 is 17.3 Å². The van der Waals surface area contributed by atoms with Crippen molar-refractivity contribution in [3.05, 3.63) is 28.8 Å². The van der Waals surface area contributed by atoms with Gasteiger partial charge in [0.25, 0.3) is 0 Å². The summed E-state index contributed by atoms with van der Waals surface area (Å²) < 4.78 is 39.0. The first-order valence-corrected chi connectivity index (χ1v) is 6.85. The zero-order valence-electron chi connectivity index (χ0n) is 10.7. The van der Waals surface area contributed by atoms with Gasteiger partial charge in [0.1, 0.15) is 0 Å². The lowest BCUT2D eigenvalue weighted by Gasteiger charge is -2.34. The van der Waals surface area contributed by atoms with Gasteiger partial charge < -0.3 is 5.32 Å². The first-order valence-electron chi connectivity index (χ1n) is 6.47. The second-order valence-electron chi connectivity index (χ2n) is 5.17. The number of rotatable bonds is 2. The molecule has 2 atom stereocenters. The molecule has 1 aliphatic carbocycles. The van der Waals surface area contributed by atoms with Crippen molar-refractivity contribution in [1.29, 1.82) is 0 Å².